The Hall–Kier alpha value is -1.03. The number of nitrogens with one attached hydrogen (secondary N) is 1. The van der Waals surface area contributed by atoms with Crippen LogP contribution in [0.1, 0.15) is 6.92 Å². The topological polar surface area (TPSA) is 24.9 Å². The van der Waals surface area contributed by atoms with Crippen molar-refractivity contribution in [1.29, 1.82) is 0 Å². The van der Waals surface area contributed by atoms with Crippen molar-refractivity contribution in [3.05, 3.63) is 18.2 Å². The van der Waals surface area contributed by atoms with Crippen LogP contribution < -0.4 is 10.8 Å². The molecule has 4 heteroatoms. The molecule has 2 radical (unpaired) electrons. The number of benzene rings is 1. The number of anilines is 1. The van der Waals surface area contributed by atoms with E-state index in [1.54, 1.807) is 11.3 Å². The molecule has 64 valence electrons. The molecule has 0 spiro atoms. The molecule has 0 saturated carbocycles. The molecule has 2 nitrogen and oxygen atoms in total. The quantitative estimate of drug-likeness (QED) is 0.722. The molecule has 1 aromatic carbocycles. The number of hydrogen-bond acceptors (Lipinski definition) is 3. The second-order valence-corrected chi connectivity index (χ2v) is 3.81. The first-order valence-electron chi connectivity index (χ1n) is 4.19. The predicted octanol–water partition coefficient (Wildman–Crippen LogP) is 1.52. The van der Waals surface area contributed by atoms with Gasteiger partial charge >= 0.3 is 0 Å². The minimum Gasteiger partial charge on any atom is -0.362 e. The van der Waals surface area contributed by atoms with E-state index in [9.17, 15) is 0 Å². The van der Waals surface area contributed by atoms with E-state index in [1.807, 2.05) is 18.2 Å². The van der Waals surface area contributed by atoms with Gasteiger partial charge in [0, 0.05) is 6.54 Å². The molecule has 0 unspecified atom stereocenters. The lowest BCUT2D eigenvalue weighted by atomic mass is 9.97. The summed E-state index contributed by atoms with van der Waals surface area (Å²) in [5, 5.41) is 4.14. The van der Waals surface area contributed by atoms with Crippen LogP contribution in [0.4, 0.5) is 5.13 Å². The zero-order chi connectivity index (χ0) is 9.26. The minimum atomic E-state index is 0.791. The maximum atomic E-state index is 5.67. The largest absolute Gasteiger partial charge is 0.362 e. The van der Waals surface area contributed by atoms with Gasteiger partial charge in [-0.25, -0.2) is 4.98 Å². The van der Waals surface area contributed by atoms with Crippen LogP contribution in [0, 0.1) is 0 Å². The molecule has 2 rings (SSSR count). The van der Waals surface area contributed by atoms with Crippen LogP contribution in [0.15, 0.2) is 18.2 Å². The molecule has 13 heavy (non-hydrogen) atoms. The van der Waals surface area contributed by atoms with E-state index in [1.165, 1.54) is 0 Å². The zero-order valence-electron chi connectivity index (χ0n) is 7.37. The zero-order valence-corrected chi connectivity index (χ0v) is 8.19. The standard InChI is InChI=1S/C9H9BN2S/c1-2-11-9-12-7-4-3-6(10)5-8(7)13-9/h3-5H,2H2,1H3,(H,11,12). The van der Waals surface area contributed by atoms with Crippen molar-refractivity contribution in [3.63, 3.8) is 0 Å². The molecule has 1 aromatic heterocycles. The molecule has 0 aliphatic rings. The van der Waals surface area contributed by atoms with Crippen molar-refractivity contribution in [2.75, 3.05) is 11.9 Å². The van der Waals surface area contributed by atoms with Gasteiger partial charge in [0.05, 0.1) is 10.2 Å². The Balaban J connectivity index is 2.49. The van der Waals surface area contributed by atoms with E-state index >= 15 is 0 Å². The number of aromatic nitrogens is 1. The van der Waals surface area contributed by atoms with Gasteiger partial charge in [-0.1, -0.05) is 22.9 Å². The fraction of sp³-hybridized carbons (Fsp3) is 0.222. The fourth-order valence-corrected chi connectivity index (χ4v) is 2.15. The Bertz CT molecular complexity index is 424. The first-order chi connectivity index (χ1) is 6.29. The molecule has 0 saturated heterocycles. The lowest BCUT2D eigenvalue weighted by Gasteiger charge is -1.91. The minimum absolute atomic E-state index is 0.791. The summed E-state index contributed by atoms with van der Waals surface area (Å²) in [6, 6.07) is 5.77. The second kappa shape index (κ2) is 3.38. The number of rotatable bonds is 2. The first kappa shape index (κ1) is 8.57. The molecule has 0 aliphatic heterocycles. The summed E-state index contributed by atoms with van der Waals surface area (Å²) in [6.07, 6.45) is 0. The van der Waals surface area contributed by atoms with E-state index < -0.39 is 0 Å². The molecule has 0 amide bonds. The Morgan fingerprint density at radius 2 is 2.38 bits per heavy atom. The Morgan fingerprint density at radius 1 is 1.54 bits per heavy atom. The average Bonchev–Trinajstić information content (AvgIpc) is 2.46. The summed E-state index contributed by atoms with van der Waals surface area (Å²) in [5.41, 5.74) is 1.80. The van der Waals surface area contributed by atoms with Crippen molar-refractivity contribution in [2.24, 2.45) is 0 Å². The second-order valence-electron chi connectivity index (χ2n) is 2.78. The van der Waals surface area contributed by atoms with Gasteiger partial charge in [0.1, 0.15) is 7.85 Å². The van der Waals surface area contributed by atoms with Gasteiger partial charge < -0.3 is 5.32 Å². The Morgan fingerprint density at radius 3 is 3.15 bits per heavy atom. The van der Waals surface area contributed by atoms with Crippen LogP contribution in [0.3, 0.4) is 0 Å². The van der Waals surface area contributed by atoms with E-state index in [4.69, 9.17) is 7.85 Å². The highest BCUT2D eigenvalue weighted by atomic mass is 32.1. The van der Waals surface area contributed by atoms with Crippen LogP contribution in [-0.4, -0.2) is 19.4 Å². The molecule has 0 fully saturated rings. The molecular formula is C9H9BN2S. The number of thiazole rings is 1. The summed E-state index contributed by atoms with van der Waals surface area (Å²) in [4.78, 5) is 4.40. The van der Waals surface area contributed by atoms with Crippen molar-refractivity contribution >= 4 is 40.0 Å². The van der Waals surface area contributed by atoms with Gasteiger partial charge in [-0.15, -0.1) is 0 Å². The van der Waals surface area contributed by atoms with Gasteiger partial charge in [0.15, 0.2) is 5.13 Å². The van der Waals surface area contributed by atoms with Crippen LogP contribution in [0.5, 0.6) is 0 Å². The molecule has 1 heterocycles. The summed E-state index contributed by atoms with van der Waals surface area (Å²) < 4.78 is 1.14. The Labute approximate surface area is 82.4 Å². The van der Waals surface area contributed by atoms with E-state index in [0.29, 0.717) is 0 Å². The molecule has 2 aromatic rings. The average molecular weight is 188 g/mol. The van der Waals surface area contributed by atoms with Gasteiger partial charge in [0.25, 0.3) is 0 Å². The monoisotopic (exact) mass is 188 g/mol. The van der Waals surface area contributed by atoms with Gasteiger partial charge in [-0.3, -0.25) is 0 Å². The molecular weight excluding hydrogens is 179 g/mol. The van der Waals surface area contributed by atoms with Gasteiger partial charge in [-0.2, -0.15) is 0 Å². The van der Waals surface area contributed by atoms with Crippen molar-refractivity contribution in [1.82, 2.24) is 4.98 Å². The fourth-order valence-electron chi connectivity index (χ4n) is 1.17. The Kier molecular flexibility index (Phi) is 2.23. The van der Waals surface area contributed by atoms with E-state index in [-0.39, 0.29) is 0 Å². The van der Waals surface area contributed by atoms with Crippen LogP contribution in [-0.2, 0) is 0 Å². The maximum absolute atomic E-state index is 5.67. The number of nitrogens with zero attached hydrogens (tertiary/aromatic N) is 1. The highest BCUT2D eigenvalue weighted by Crippen LogP contribution is 2.24. The number of hydrogen-bond donors (Lipinski definition) is 1. The molecule has 0 bridgehead atoms. The smallest absolute Gasteiger partial charge is 0.183 e. The van der Waals surface area contributed by atoms with Crippen LogP contribution >= 0.6 is 11.3 Å². The lowest BCUT2D eigenvalue weighted by Crippen LogP contribution is -1.98. The number of fused-ring (bicyclic) bond motifs is 1. The van der Waals surface area contributed by atoms with E-state index in [2.05, 4.69) is 17.2 Å². The SMILES string of the molecule is [B]c1ccc2nc(NCC)sc2c1. The normalized spacial score (nSPS) is 10.5. The van der Waals surface area contributed by atoms with E-state index in [0.717, 1.165) is 27.4 Å². The van der Waals surface area contributed by atoms with Crippen LogP contribution in [0.2, 0.25) is 0 Å². The lowest BCUT2D eigenvalue weighted by molar-refractivity contribution is 1.20. The summed E-state index contributed by atoms with van der Waals surface area (Å²) >= 11 is 1.63. The third kappa shape index (κ3) is 1.67. The summed E-state index contributed by atoms with van der Waals surface area (Å²) in [7, 11) is 5.67. The summed E-state index contributed by atoms with van der Waals surface area (Å²) in [5.74, 6) is 0. The molecule has 0 atom stereocenters. The van der Waals surface area contributed by atoms with Gasteiger partial charge in [0.2, 0.25) is 0 Å². The highest BCUT2D eigenvalue weighted by molar-refractivity contribution is 7.22. The van der Waals surface area contributed by atoms with Crippen molar-refractivity contribution in [3.8, 4) is 0 Å². The maximum Gasteiger partial charge on any atom is 0.183 e. The highest BCUT2D eigenvalue weighted by Gasteiger charge is 2.01. The van der Waals surface area contributed by atoms with Crippen molar-refractivity contribution in [2.45, 2.75) is 6.92 Å². The van der Waals surface area contributed by atoms with Crippen molar-refractivity contribution < 1.29 is 0 Å². The van der Waals surface area contributed by atoms with Crippen LogP contribution in [0.25, 0.3) is 10.2 Å². The third-order valence-corrected chi connectivity index (χ3v) is 2.72. The molecule has 0 aliphatic carbocycles. The van der Waals surface area contributed by atoms with Gasteiger partial charge in [-0.05, 0) is 19.1 Å². The predicted molar refractivity (Wildman–Crippen MR) is 59.2 cm³/mol. The third-order valence-electron chi connectivity index (χ3n) is 1.74. The molecule has 1 N–H and O–H groups in total. The summed E-state index contributed by atoms with van der Waals surface area (Å²) in [6.45, 7) is 2.95. The first-order valence-corrected chi connectivity index (χ1v) is 5.01.